The van der Waals surface area contributed by atoms with Crippen LogP contribution in [0.2, 0.25) is 0 Å². The van der Waals surface area contributed by atoms with E-state index in [-0.39, 0.29) is 23.2 Å². The van der Waals surface area contributed by atoms with Gasteiger partial charge >= 0.3 is 0 Å². The topological polar surface area (TPSA) is 46.4 Å². The molecule has 4 aromatic rings. The van der Waals surface area contributed by atoms with Crippen LogP contribution in [0.5, 0.6) is 0 Å². The van der Waals surface area contributed by atoms with Gasteiger partial charge in [0.15, 0.2) is 5.43 Å². The predicted molar refractivity (Wildman–Crippen MR) is 100 cm³/mol. The first-order valence-corrected chi connectivity index (χ1v) is 8.59. The van der Waals surface area contributed by atoms with Gasteiger partial charge in [0.05, 0.1) is 16.6 Å². The van der Waals surface area contributed by atoms with Gasteiger partial charge in [-0.25, -0.2) is 22.1 Å². The highest BCUT2D eigenvalue weighted by Gasteiger charge is 2.17. The molecule has 0 unspecified atom stereocenters. The largest absolute Gasteiger partial charge is 0.364 e. The molecule has 0 atom stereocenters. The van der Waals surface area contributed by atoms with Crippen molar-refractivity contribution >= 4 is 11.3 Å². The molecule has 2 aromatic carbocycles. The van der Waals surface area contributed by atoms with Crippen LogP contribution in [-0.2, 0) is 6.54 Å². The molecule has 0 aliphatic heterocycles. The molecule has 0 bridgehead atoms. The van der Waals surface area contributed by atoms with Gasteiger partial charge in [0, 0.05) is 30.4 Å². The molecule has 4 rings (SSSR count). The summed E-state index contributed by atoms with van der Waals surface area (Å²) in [5.41, 5.74) is -0.676. The maximum Gasteiger partial charge on any atom is 0.190 e. The van der Waals surface area contributed by atoms with Crippen molar-refractivity contribution in [2.24, 2.45) is 0 Å². The SMILES string of the molecule is O=c1ccn2nc(NCc3ccc(F)cc3F)ccc2c1-c1c(F)cccc1F. The number of fused-ring (bicyclic) bond motifs is 1. The van der Waals surface area contributed by atoms with E-state index in [9.17, 15) is 22.4 Å². The van der Waals surface area contributed by atoms with Crippen molar-refractivity contribution in [3.05, 3.63) is 99.8 Å². The molecule has 1 N–H and O–H groups in total. The number of hydrogen-bond acceptors (Lipinski definition) is 3. The minimum Gasteiger partial charge on any atom is -0.364 e. The lowest BCUT2D eigenvalue weighted by Crippen LogP contribution is -2.12. The first-order valence-electron chi connectivity index (χ1n) is 8.59. The van der Waals surface area contributed by atoms with Crippen molar-refractivity contribution in [1.29, 1.82) is 0 Å². The normalized spacial score (nSPS) is 11.0. The van der Waals surface area contributed by atoms with Gasteiger partial charge < -0.3 is 5.32 Å². The second kappa shape index (κ2) is 7.38. The van der Waals surface area contributed by atoms with E-state index in [1.165, 1.54) is 35.0 Å². The van der Waals surface area contributed by atoms with Crippen molar-refractivity contribution in [3.8, 4) is 11.1 Å². The Hall–Kier alpha value is -3.68. The Bertz CT molecular complexity index is 1270. The number of halogens is 4. The van der Waals surface area contributed by atoms with E-state index < -0.39 is 34.3 Å². The van der Waals surface area contributed by atoms with Gasteiger partial charge in [0.1, 0.15) is 29.1 Å². The number of hydrogen-bond donors (Lipinski definition) is 1. The van der Waals surface area contributed by atoms with Crippen molar-refractivity contribution in [3.63, 3.8) is 0 Å². The van der Waals surface area contributed by atoms with Crippen LogP contribution in [0.25, 0.3) is 16.6 Å². The van der Waals surface area contributed by atoms with Crippen LogP contribution in [0.3, 0.4) is 0 Å². The lowest BCUT2D eigenvalue weighted by molar-refractivity contribution is 0.574. The highest BCUT2D eigenvalue weighted by atomic mass is 19.1. The van der Waals surface area contributed by atoms with Gasteiger partial charge in [-0.1, -0.05) is 12.1 Å². The number of aromatic nitrogens is 2. The Balaban J connectivity index is 1.73. The highest BCUT2D eigenvalue weighted by molar-refractivity contribution is 5.80. The van der Waals surface area contributed by atoms with Crippen LogP contribution in [0.4, 0.5) is 23.4 Å². The molecular weight excluding hydrogens is 386 g/mol. The first kappa shape index (κ1) is 18.7. The van der Waals surface area contributed by atoms with Crippen LogP contribution in [0.15, 0.2) is 65.6 Å². The maximum absolute atomic E-state index is 14.2. The molecular formula is C21H13F4N3O. The summed E-state index contributed by atoms with van der Waals surface area (Å²) >= 11 is 0. The second-order valence-corrected chi connectivity index (χ2v) is 6.29. The fourth-order valence-corrected chi connectivity index (χ4v) is 3.03. The van der Waals surface area contributed by atoms with Crippen molar-refractivity contribution in [2.75, 3.05) is 5.32 Å². The smallest absolute Gasteiger partial charge is 0.190 e. The van der Waals surface area contributed by atoms with Gasteiger partial charge in [-0.15, -0.1) is 0 Å². The third-order valence-electron chi connectivity index (χ3n) is 4.42. The van der Waals surface area contributed by atoms with Crippen LogP contribution < -0.4 is 10.7 Å². The van der Waals surface area contributed by atoms with Crippen LogP contribution in [0.1, 0.15) is 5.56 Å². The third kappa shape index (κ3) is 3.56. The van der Waals surface area contributed by atoms with E-state index in [0.29, 0.717) is 5.82 Å². The van der Waals surface area contributed by atoms with Crippen LogP contribution in [0, 0.1) is 23.3 Å². The molecule has 0 spiro atoms. The van der Waals surface area contributed by atoms with Gasteiger partial charge in [-0.05, 0) is 30.3 Å². The lowest BCUT2D eigenvalue weighted by Gasteiger charge is -2.11. The maximum atomic E-state index is 14.2. The zero-order valence-corrected chi connectivity index (χ0v) is 14.8. The summed E-state index contributed by atoms with van der Waals surface area (Å²) in [4.78, 5) is 12.3. The number of rotatable bonds is 4. The average molecular weight is 399 g/mol. The van der Waals surface area contributed by atoms with Crippen molar-refractivity contribution in [1.82, 2.24) is 9.61 Å². The van der Waals surface area contributed by atoms with E-state index in [2.05, 4.69) is 10.4 Å². The molecule has 0 amide bonds. The number of pyridine rings is 1. The molecule has 2 aromatic heterocycles. The summed E-state index contributed by atoms with van der Waals surface area (Å²) in [5, 5.41) is 7.14. The summed E-state index contributed by atoms with van der Waals surface area (Å²) in [5.74, 6) is -2.76. The van der Waals surface area contributed by atoms with Crippen LogP contribution >= 0.6 is 0 Å². The van der Waals surface area contributed by atoms with Gasteiger partial charge in [-0.3, -0.25) is 4.79 Å². The Kier molecular flexibility index (Phi) is 4.75. The molecule has 0 fully saturated rings. The van der Waals surface area contributed by atoms with Gasteiger partial charge in [-0.2, -0.15) is 5.10 Å². The number of nitrogens with zero attached hydrogens (tertiary/aromatic N) is 2. The summed E-state index contributed by atoms with van der Waals surface area (Å²) in [6, 6.07) is 10.7. The molecule has 146 valence electrons. The monoisotopic (exact) mass is 399 g/mol. The van der Waals surface area contributed by atoms with Crippen molar-refractivity contribution < 1.29 is 17.6 Å². The minimum atomic E-state index is -0.857. The summed E-state index contributed by atoms with van der Waals surface area (Å²) in [7, 11) is 0. The summed E-state index contributed by atoms with van der Waals surface area (Å²) in [6.07, 6.45) is 1.36. The molecule has 0 saturated carbocycles. The lowest BCUT2D eigenvalue weighted by atomic mass is 10.0. The number of nitrogens with one attached hydrogen (secondary N) is 1. The minimum absolute atomic E-state index is 0.0413. The van der Waals surface area contributed by atoms with Crippen LogP contribution in [-0.4, -0.2) is 9.61 Å². The predicted octanol–water partition coefficient (Wildman–Crippen LogP) is 4.53. The Morgan fingerprint density at radius 3 is 2.34 bits per heavy atom. The Morgan fingerprint density at radius 1 is 0.862 bits per heavy atom. The molecule has 0 aliphatic rings. The molecule has 0 saturated heterocycles. The van der Waals surface area contributed by atoms with Gasteiger partial charge in [0.25, 0.3) is 0 Å². The second-order valence-electron chi connectivity index (χ2n) is 6.29. The molecule has 0 radical (unpaired) electrons. The fourth-order valence-electron chi connectivity index (χ4n) is 3.03. The standard InChI is InChI=1S/C21H13F4N3O/c22-13-5-4-12(16(25)10-13)11-26-19-7-6-17-21(18(29)8-9-28(17)27-19)20-14(23)2-1-3-15(20)24/h1-10H,11H2,(H,26,27). The first-order chi connectivity index (χ1) is 13.9. The van der Waals surface area contributed by atoms with E-state index in [1.54, 1.807) is 0 Å². The molecule has 4 nitrogen and oxygen atoms in total. The Labute approximate surface area is 162 Å². The van der Waals surface area contributed by atoms with E-state index in [0.717, 1.165) is 30.3 Å². The van der Waals surface area contributed by atoms with E-state index in [1.807, 2.05) is 0 Å². The van der Waals surface area contributed by atoms with E-state index >= 15 is 0 Å². The number of anilines is 1. The van der Waals surface area contributed by atoms with E-state index in [4.69, 9.17) is 0 Å². The zero-order chi connectivity index (χ0) is 20.5. The van der Waals surface area contributed by atoms with Gasteiger partial charge in [0.2, 0.25) is 0 Å². The average Bonchev–Trinajstić information content (AvgIpc) is 2.68. The quantitative estimate of drug-likeness (QED) is 0.513. The molecule has 8 heteroatoms. The molecule has 0 aliphatic carbocycles. The summed E-state index contributed by atoms with van der Waals surface area (Å²) in [6.45, 7) is 0.0413. The third-order valence-corrected chi connectivity index (χ3v) is 4.42. The number of benzene rings is 2. The van der Waals surface area contributed by atoms with Crippen molar-refractivity contribution in [2.45, 2.75) is 6.54 Å². The summed E-state index contributed by atoms with van der Waals surface area (Å²) < 4.78 is 56.5. The molecule has 29 heavy (non-hydrogen) atoms. The highest BCUT2D eigenvalue weighted by Crippen LogP contribution is 2.27. The fraction of sp³-hybridized carbons (Fsp3) is 0.0476. The zero-order valence-electron chi connectivity index (χ0n) is 14.8. The molecule has 2 heterocycles. The Morgan fingerprint density at radius 2 is 1.62 bits per heavy atom.